The molecule has 36 heavy (non-hydrogen) atoms. The number of aryl methyl sites for hydroxylation is 1. The van der Waals surface area contributed by atoms with Crippen LogP contribution in [0.1, 0.15) is 26.3 Å². The number of nitrogens with zero attached hydrogens (tertiary/aromatic N) is 2. The van der Waals surface area contributed by atoms with Crippen molar-refractivity contribution in [3.05, 3.63) is 95.6 Å². The molecule has 1 atom stereocenters. The van der Waals surface area contributed by atoms with E-state index in [1.165, 1.54) is 12.1 Å². The van der Waals surface area contributed by atoms with E-state index in [2.05, 4.69) is 21.2 Å². The highest BCUT2D eigenvalue weighted by Gasteiger charge is 2.40. The van der Waals surface area contributed by atoms with Crippen molar-refractivity contribution in [2.45, 2.75) is 6.92 Å². The average molecular weight is 483 g/mol. The van der Waals surface area contributed by atoms with Gasteiger partial charge in [0.1, 0.15) is 0 Å². The van der Waals surface area contributed by atoms with E-state index in [0.29, 0.717) is 16.9 Å². The molecule has 1 aliphatic heterocycles. The smallest absolute Gasteiger partial charge is 0.322 e. The second kappa shape index (κ2) is 10.4. The summed E-state index contributed by atoms with van der Waals surface area (Å²) in [5.74, 6) is -3.91. The number of amides is 6. The van der Waals surface area contributed by atoms with E-state index in [-0.39, 0.29) is 11.5 Å². The van der Waals surface area contributed by atoms with Gasteiger partial charge in [0.05, 0.1) is 5.69 Å². The van der Waals surface area contributed by atoms with Gasteiger partial charge in [-0.25, -0.2) is 15.1 Å². The van der Waals surface area contributed by atoms with Gasteiger partial charge in [0, 0.05) is 23.0 Å². The van der Waals surface area contributed by atoms with Crippen LogP contribution in [-0.4, -0.2) is 35.9 Å². The molecule has 0 aromatic heterocycles. The number of carbonyl (C=O) groups excluding carboxylic acids is 5. The zero-order valence-corrected chi connectivity index (χ0v) is 19.1. The number of barbiturate groups is 1. The van der Waals surface area contributed by atoms with E-state index in [0.717, 1.165) is 16.7 Å². The number of benzene rings is 3. The zero-order chi connectivity index (χ0) is 25.7. The molecular weight excluding hydrogens is 462 g/mol. The molecule has 10 heteroatoms. The lowest BCUT2D eigenvalue weighted by Gasteiger charge is -2.28. The van der Waals surface area contributed by atoms with Crippen LogP contribution in [-0.2, 0) is 9.59 Å². The lowest BCUT2D eigenvalue weighted by Crippen LogP contribution is -2.58. The molecule has 0 aliphatic carbocycles. The van der Waals surface area contributed by atoms with Crippen LogP contribution in [0.25, 0.3) is 0 Å². The van der Waals surface area contributed by atoms with Gasteiger partial charge in [0.2, 0.25) is 5.91 Å². The molecule has 180 valence electrons. The van der Waals surface area contributed by atoms with E-state index in [1.54, 1.807) is 60.7 Å². The van der Waals surface area contributed by atoms with Crippen molar-refractivity contribution in [2.24, 2.45) is 11.0 Å². The van der Waals surface area contributed by atoms with Crippen molar-refractivity contribution in [3.63, 3.8) is 0 Å². The molecule has 3 aromatic carbocycles. The molecular formula is C26H21N5O5. The molecule has 3 N–H and O–H groups in total. The normalized spacial score (nSPS) is 15.5. The quantitative estimate of drug-likeness (QED) is 0.281. The first-order valence-corrected chi connectivity index (χ1v) is 10.9. The molecule has 4 rings (SSSR count). The lowest BCUT2D eigenvalue weighted by atomic mass is 10.1. The Morgan fingerprint density at radius 2 is 1.50 bits per heavy atom. The second-order valence-electron chi connectivity index (χ2n) is 7.90. The van der Waals surface area contributed by atoms with Crippen molar-refractivity contribution in [1.29, 1.82) is 0 Å². The fourth-order valence-corrected chi connectivity index (χ4v) is 3.39. The number of hydrogen-bond acceptors (Lipinski definition) is 6. The van der Waals surface area contributed by atoms with Gasteiger partial charge in [-0.3, -0.25) is 24.5 Å². The van der Waals surface area contributed by atoms with Gasteiger partial charge in [-0.1, -0.05) is 35.9 Å². The van der Waals surface area contributed by atoms with Gasteiger partial charge in [-0.2, -0.15) is 5.10 Å². The first-order valence-electron chi connectivity index (χ1n) is 10.9. The Balaban J connectivity index is 1.38. The molecule has 1 aliphatic rings. The molecule has 1 heterocycles. The Labute approximate surface area is 206 Å². The SMILES string of the molecule is Cc1ccc(N2C(=O)NC(=O)C(C=NNC(=O)c3ccc(NC(=O)c4ccccc4)cc3)C2=O)cc1. The predicted molar refractivity (Wildman–Crippen MR) is 132 cm³/mol. The van der Waals surface area contributed by atoms with Crippen LogP contribution in [0.4, 0.5) is 16.2 Å². The summed E-state index contributed by atoms with van der Waals surface area (Å²) in [6, 6.07) is 20.6. The van der Waals surface area contributed by atoms with Gasteiger partial charge in [-0.15, -0.1) is 0 Å². The molecule has 0 radical (unpaired) electrons. The van der Waals surface area contributed by atoms with Crippen molar-refractivity contribution in [3.8, 4) is 0 Å². The van der Waals surface area contributed by atoms with Crippen LogP contribution in [0.2, 0.25) is 0 Å². The first-order chi connectivity index (χ1) is 17.3. The number of anilines is 2. The van der Waals surface area contributed by atoms with Crippen molar-refractivity contribution in [2.75, 3.05) is 10.2 Å². The van der Waals surface area contributed by atoms with E-state index in [9.17, 15) is 24.0 Å². The number of rotatable bonds is 6. The van der Waals surface area contributed by atoms with Crippen LogP contribution in [0.15, 0.2) is 84.0 Å². The molecule has 3 aromatic rings. The van der Waals surface area contributed by atoms with Gasteiger partial charge in [0.25, 0.3) is 17.7 Å². The molecule has 0 bridgehead atoms. The third-order valence-corrected chi connectivity index (χ3v) is 5.32. The van der Waals surface area contributed by atoms with Crippen LogP contribution >= 0.6 is 0 Å². The third kappa shape index (κ3) is 5.33. The summed E-state index contributed by atoms with van der Waals surface area (Å²) in [4.78, 5) is 62.7. The number of carbonyl (C=O) groups is 5. The van der Waals surface area contributed by atoms with E-state index < -0.39 is 29.7 Å². The van der Waals surface area contributed by atoms with Crippen molar-refractivity contribution in [1.82, 2.24) is 10.7 Å². The van der Waals surface area contributed by atoms with Gasteiger partial charge in [-0.05, 0) is 55.5 Å². The maximum atomic E-state index is 12.8. The number of nitrogens with one attached hydrogen (secondary N) is 3. The summed E-state index contributed by atoms with van der Waals surface area (Å²) in [5, 5.41) is 8.58. The standard InChI is InChI=1S/C26H21N5O5/c1-16-7-13-20(14-8-16)31-25(35)21(24(34)29-26(31)36)15-27-30-23(33)18-9-11-19(12-10-18)28-22(32)17-5-3-2-4-6-17/h2-15,21H,1H3,(H,28,32)(H,30,33)(H,29,34,36). The van der Waals surface area contributed by atoms with Gasteiger partial charge >= 0.3 is 6.03 Å². The molecule has 1 saturated heterocycles. The summed E-state index contributed by atoms with van der Waals surface area (Å²) < 4.78 is 0. The summed E-state index contributed by atoms with van der Waals surface area (Å²) in [6.07, 6.45) is 0.970. The highest BCUT2D eigenvalue weighted by Crippen LogP contribution is 2.20. The summed E-state index contributed by atoms with van der Waals surface area (Å²) in [6.45, 7) is 1.86. The van der Waals surface area contributed by atoms with Crippen LogP contribution in [0.5, 0.6) is 0 Å². The molecule has 1 unspecified atom stereocenters. The minimum Gasteiger partial charge on any atom is -0.322 e. The Bertz CT molecular complexity index is 1350. The predicted octanol–water partition coefficient (Wildman–Crippen LogP) is 2.86. The van der Waals surface area contributed by atoms with E-state index >= 15 is 0 Å². The molecule has 1 fully saturated rings. The van der Waals surface area contributed by atoms with Gasteiger partial charge < -0.3 is 5.32 Å². The minimum atomic E-state index is -1.40. The maximum absolute atomic E-state index is 12.8. The molecule has 0 saturated carbocycles. The number of hydrogen-bond donors (Lipinski definition) is 3. The Morgan fingerprint density at radius 3 is 2.17 bits per heavy atom. The lowest BCUT2D eigenvalue weighted by molar-refractivity contribution is -0.131. The molecule has 6 amide bonds. The second-order valence-corrected chi connectivity index (χ2v) is 7.90. The highest BCUT2D eigenvalue weighted by molar-refractivity contribution is 6.32. The first kappa shape index (κ1) is 24.0. The van der Waals surface area contributed by atoms with Crippen molar-refractivity contribution < 1.29 is 24.0 Å². The topological polar surface area (TPSA) is 137 Å². The molecule has 0 spiro atoms. The fourth-order valence-electron chi connectivity index (χ4n) is 3.39. The van der Waals surface area contributed by atoms with Crippen LogP contribution in [0, 0.1) is 12.8 Å². The van der Waals surface area contributed by atoms with Crippen LogP contribution in [0.3, 0.4) is 0 Å². The Hall–Kier alpha value is -5.12. The Kier molecular flexibility index (Phi) is 6.96. The van der Waals surface area contributed by atoms with E-state index in [1.807, 2.05) is 13.0 Å². The molecule has 10 nitrogen and oxygen atoms in total. The van der Waals surface area contributed by atoms with Gasteiger partial charge in [0.15, 0.2) is 5.92 Å². The largest absolute Gasteiger partial charge is 0.335 e. The Morgan fingerprint density at radius 1 is 0.861 bits per heavy atom. The maximum Gasteiger partial charge on any atom is 0.335 e. The highest BCUT2D eigenvalue weighted by atomic mass is 16.2. The average Bonchev–Trinajstić information content (AvgIpc) is 2.88. The van der Waals surface area contributed by atoms with E-state index in [4.69, 9.17) is 0 Å². The fraction of sp³-hybridized carbons (Fsp3) is 0.0769. The number of urea groups is 1. The summed E-state index contributed by atoms with van der Waals surface area (Å²) >= 11 is 0. The number of hydrazone groups is 1. The third-order valence-electron chi connectivity index (χ3n) is 5.32. The minimum absolute atomic E-state index is 0.237. The monoisotopic (exact) mass is 483 g/mol. The van der Waals surface area contributed by atoms with Crippen LogP contribution < -0.4 is 21.0 Å². The summed E-state index contributed by atoms with van der Waals surface area (Å²) in [7, 11) is 0. The van der Waals surface area contributed by atoms with Crippen molar-refractivity contribution >= 4 is 47.2 Å². The zero-order valence-electron chi connectivity index (χ0n) is 19.1. The number of imide groups is 2. The summed E-state index contributed by atoms with van der Waals surface area (Å²) in [5.41, 5.74) is 4.72.